The summed E-state index contributed by atoms with van der Waals surface area (Å²) in [5, 5.41) is 0. The van der Waals surface area contributed by atoms with E-state index in [2.05, 4.69) is 13.8 Å². The summed E-state index contributed by atoms with van der Waals surface area (Å²) < 4.78 is 0. The molecular formula is C12H23N. The molecule has 0 spiro atoms. The predicted octanol–water partition coefficient (Wildman–Crippen LogP) is 2.94. The first-order valence-electron chi connectivity index (χ1n) is 5.75. The van der Waals surface area contributed by atoms with Gasteiger partial charge < -0.3 is 5.73 Å². The van der Waals surface area contributed by atoms with Crippen molar-refractivity contribution in [3.05, 3.63) is 0 Å². The molecule has 2 aliphatic rings. The van der Waals surface area contributed by atoms with Gasteiger partial charge in [0.25, 0.3) is 0 Å². The van der Waals surface area contributed by atoms with Gasteiger partial charge in [-0.1, -0.05) is 13.8 Å². The van der Waals surface area contributed by atoms with Crippen LogP contribution < -0.4 is 5.73 Å². The van der Waals surface area contributed by atoms with Crippen LogP contribution in [0, 0.1) is 16.7 Å². The number of rotatable bonds is 3. The third kappa shape index (κ3) is 2.07. The fourth-order valence-corrected chi connectivity index (χ4v) is 3.04. The minimum atomic E-state index is 0.602. The van der Waals surface area contributed by atoms with Gasteiger partial charge in [0.1, 0.15) is 0 Å². The van der Waals surface area contributed by atoms with Gasteiger partial charge in [-0.05, 0) is 61.8 Å². The summed E-state index contributed by atoms with van der Waals surface area (Å²) in [4.78, 5) is 0. The fraction of sp³-hybridized carbons (Fsp3) is 1.00. The van der Waals surface area contributed by atoms with Crippen LogP contribution in [-0.4, -0.2) is 6.54 Å². The summed E-state index contributed by atoms with van der Waals surface area (Å²) >= 11 is 0. The normalized spacial score (nSPS) is 34.8. The van der Waals surface area contributed by atoms with Crippen molar-refractivity contribution in [2.45, 2.75) is 52.4 Å². The van der Waals surface area contributed by atoms with Crippen molar-refractivity contribution in [2.24, 2.45) is 22.5 Å². The molecule has 0 radical (unpaired) electrons. The van der Waals surface area contributed by atoms with Crippen LogP contribution in [0.5, 0.6) is 0 Å². The Hall–Kier alpha value is -0.0400. The van der Waals surface area contributed by atoms with Crippen LogP contribution in [0.1, 0.15) is 52.4 Å². The molecule has 2 N–H and O–H groups in total. The predicted molar refractivity (Wildman–Crippen MR) is 56.5 cm³/mol. The molecule has 2 rings (SSSR count). The van der Waals surface area contributed by atoms with Crippen LogP contribution in [0.15, 0.2) is 0 Å². The number of nitrogens with two attached hydrogens (primary N) is 1. The highest BCUT2D eigenvalue weighted by molar-refractivity contribution is 4.97. The smallest absolute Gasteiger partial charge is 0.00204 e. The summed E-state index contributed by atoms with van der Waals surface area (Å²) in [5.74, 6) is 0.987. The van der Waals surface area contributed by atoms with Crippen LogP contribution in [0.3, 0.4) is 0 Å². The molecule has 1 atom stereocenters. The van der Waals surface area contributed by atoms with Gasteiger partial charge in [-0.25, -0.2) is 0 Å². The quantitative estimate of drug-likeness (QED) is 0.711. The maximum atomic E-state index is 5.81. The van der Waals surface area contributed by atoms with Crippen LogP contribution in [0.25, 0.3) is 0 Å². The van der Waals surface area contributed by atoms with Crippen LogP contribution in [-0.2, 0) is 0 Å². The van der Waals surface area contributed by atoms with E-state index in [0.717, 1.165) is 12.5 Å². The zero-order valence-corrected chi connectivity index (χ0v) is 9.10. The van der Waals surface area contributed by atoms with Gasteiger partial charge in [0.05, 0.1) is 0 Å². The molecule has 0 saturated heterocycles. The van der Waals surface area contributed by atoms with E-state index in [4.69, 9.17) is 5.73 Å². The molecule has 76 valence electrons. The molecule has 2 saturated carbocycles. The highest BCUT2D eigenvalue weighted by atomic mass is 14.7. The van der Waals surface area contributed by atoms with E-state index in [1.54, 1.807) is 0 Å². The van der Waals surface area contributed by atoms with Gasteiger partial charge in [-0.3, -0.25) is 0 Å². The first kappa shape index (κ1) is 9.51. The Labute approximate surface area is 82.1 Å². The standard InChI is InChI=1S/C12H23N/c1-11(2)4-3-10(7-11)8-12(9-13)5-6-12/h10H,3-9,13H2,1-2H3. The van der Waals surface area contributed by atoms with Crippen LogP contribution >= 0.6 is 0 Å². The van der Waals surface area contributed by atoms with Crippen LogP contribution in [0.2, 0.25) is 0 Å². The van der Waals surface area contributed by atoms with Crippen molar-refractivity contribution in [2.75, 3.05) is 6.54 Å². The molecule has 1 unspecified atom stereocenters. The third-order valence-corrected chi connectivity index (χ3v) is 4.18. The Balaban J connectivity index is 1.84. The van der Waals surface area contributed by atoms with Gasteiger partial charge in [0.15, 0.2) is 0 Å². The first-order valence-corrected chi connectivity index (χ1v) is 5.75. The SMILES string of the molecule is CC1(C)CCC(CC2(CN)CC2)C1. The number of hydrogen-bond acceptors (Lipinski definition) is 1. The van der Waals surface area contributed by atoms with Crippen molar-refractivity contribution in [1.82, 2.24) is 0 Å². The Bertz CT molecular complexity index is 191. The molecule has 13 heavy (non-hydrogen) atoms. The van der Waals surface area contributed by atoms with E-state index >= 15 is 0 Å². The fourth-order valence-electron chi connectivity index (χ4n) is 3.04. The molecule has 0 aromatic carbocycles. The van der Waals surface area contributed by atoms with E-state index in [-0.39, 0.29) is 0 Å². The minimum Gasteiger partial charge on any atom is -0.330 e. The van der Waals surface area contributed by atoms with Crippen LogP contribution in [0.4, 0.5) is 0 Å². The first-order chi connectivity index (χ1) is 6.05. The molecule has 0 aliphatic heterocycles. The monoisotopic (exact) mass is 181 g/mol. The van der Waals surface area contributed by atoms with E-state index < -0.39 is 0 Å². The molecule has 1 heteroatoms. The van der Waals surface area contributed by atoms with Gasteiger partial charge in [0, 0.05) is 0 Å². The second-order valence-corrected chi connectivity index (χ2v) is 6.18. The third-order valence-electron chi connectivity index (χ3n) is 4.18. The Morgan fingerprint density at radius 1 is 1.23 bits per heavy atom. The lowest BCUT2D eigenvalue weighted by Crippen LogP contribution is -2.18. The highest BCUT2D eigenvalue weighted by Gasteiger charge is 2.44. The maximum absolute atomic E-state index is 5.81. The average molecular weight is 181 g/mol. The van der Waals surface area contributed by atoms with E-state index in [9.17, 15) is 0 Å². The van der Waals surface area contributed by atoms with E-state index in [0.29, 0.717) is 10.8 Å². The molecular weight excluding hydrogens is 158 g/mol. The van der Waals surface area contributed by atoms with Crippen molar-refractivity contribution in [3.63, 3.8) is 0 Å². The molecule has 0 bridgehead atoms. The Kier molecular flexibility index (Phi) is 2.18. The lowest BCUT2D eigenvalue weighted by molar-refractivity contribution is 0.316. The van der Waals surface area contributed by atoms with Crippen molar-refractivity contribution in [1.29, 1.82) is 0 Å². The topological polar surface area (TPSA) is 26.0 Å². The molecule has 1 nitrogen and oxygen atoms in total. The summed E-state index contributed by atoms with van der Waals surface area (Å²) in [6.45, 7) is 5.76. The van der Waals surface area contributed by atoms with Crippen molar-refractivity contribution >= 4 is 0 Å². The van der Waals surface area contributed by atoms with Gasteiger partial charge in [-0.15, -0.1) is 0 Å². The zero-order valence-electron chi connectivity index (χ0n) is 9.10. The summed E-state index contributed by atoms with van der Waals surface area (Å²) in [7, 11) is 0. The second kappa shape index (κ2) is 2.98. The highest BCUT2D eigenvalue weighted by Crippen LogP contribution is 2.54. The van der Waals surface area contributed by atoms with Crippen molar-refractivity contribution in [3.8, 4) is 0 Å². The Morgan fingerprint density at radius 2 is 1.92 bits per heavy atom. The largest absolute Gasteiger partial charge is 0.330 e. The van der Waals surface area contributed by atoms with E-state index in [1.807, 2.05) is 0 Å². The molecule has 2 aliphatic carbocycles. The Morgan fingerprint density at radius 3 is 2.31 bits per heavy atom. The summed E-state index contributed by atoms with van der Waals surface area (Å²) in [6.07, 6.45) is 8.55. The molecule has 0 amide bonds. The van der Waals surface area contributed by atoms with Gasteiger partial charge in [0.2, 0.25) is 0 Å². The summed E-state index contributed by atoms with van der Waals surface area (Å²) in [6, 6.07) is 0. The van der Waals surface area contributed by atoms with Crippen molar-refractivity contribution < 1.29 is 0 Å². The second-order valence-electron chi connectivity index (χ2n) is 6.18. The lowest BCUT2D eigenvalue weighted by Gasteiger charge is -2.20. The summed E-state index contributed by atoms with van der Waals surface area (Å²) in [5.41, 5.74) is 7.04. The average Bonchev–Trinajstić information content (AvgIpc) is 2.74. The molecule has 2 fully saturated rings. The van der Waals surface area contributed by atoms with Gasteiger partial charge in [-0.2, -0.15) is 0 Å². The maximum Gasteiger partial charge on any atom is -0.00204 e. The van der Waals surface area contributed by atoms with E-state index in [1.165, 1.54) is 38.5 Å². The minimum absolute atomic E-state index is 0.602. The number of hydrogen-bond donors (Lipinski definition) is 1. The lowest BCUT2D eigenvalue weighted by atomic mass is 9.86. The zero-order chi connectivity index (χ0) is 9.53. The van der Waals surface area contributed by atoms with Gasteiger partial charge >= 0.3 is 0 Å². The molecule has 0 heterocycles. The molecule has 0 aromatic rings. The molecule has 0 aromatic heterocycles.